The van der Waals surface area contributed by atoms with Crippen LogP contribution in [0.4, 0.5) is 15.8 Å². The van der Waals surface area contributed by atoms with Crippen LogP contribution in [0.25, 0.3) is 6.08 Å². The molecule has 4 aromatic carbocycles. The van der Waals surface area contributed by atoms with E-state index in [0.717, 1.165) is 4.90 Å². The Balaban J connectivity index is 1.40. The minimum Gasteiger partial charge on any atom is -0.495 e. The fraction of sp³-hybridized carbons (Fsp3) is 0.0645. The number of thioether (sulfide) groups is 1. The van der Waals surface area contributed by atoms with E-state index in [0.29, 0.717) is 33.3 Å². The van der Waals surface area contributed by atoms with Gasteiger partial charge in [0.2, 0.25) is 5.91 Å². The van der Waals surface area contributed by atoms with Crippen molar-refractivity contribution in [3.05, 3.63) is 125 Å². The number of anilines is 2. The van der Waals surface area contributed by atoms with E-state index < -0.39 is 17.6 Å². The lowest BCUT2D eigenvalue weighted by Crippen LogP contribution is -2.30. The summed E-state index contributed by atoms with van der Waals surface area (Å²) in [7, 11) is 1.51. The first-order valence-electron chi connectivity index (χ1n) is 12.3. The zero-order chi connectivity index (χ0) is 29.2. The second kappa shape index (κ2) is 14.2. The molecule has 3 N–H and O–H groups in total. The van der Waals surface area contributed by atoms with Gasteiger partial charge in [-0.15, -0.1) is 11.8 Å². The van der Waals surface area contributed by atoms with Crippen molar-refractivity contribution in [2.24, 2.45) is 0 Å². The summed E-state index contributed by atoms with van der Waals surface area (Å²) < 4.78 is 18.6. The van der Waals surface area contributed by atoms with Gasteiger partial charge in [-0.05, 0) is 78.4 Å². The number of benzene rings is 4. The molecule has 0 saturated carbocycles. The molecule has 4 aromatic rings. The Hall–Kier alpha value is -4.60. The fourth-order valence-electron chi connectivity index (χ4n) is 3.61. The van der Waals surface area contributed by atoms with E-state index in [9.17, 15) is 18.8 Å². The summed E-state index contributed by atoms with van der Waals surface area (Å²) in [4.78, 5) is 39.2. The van der Waals surface area contributed by atoms with Crippen LogP contribution < -0.4 is 20.7 Å². The molecule has 10 heteroatoms. The highest BCUT2D eigenvalue weighted by atomic mass is 35.5. The largest absolute Gasteiger partial charge is 0.495 e. The molecule has 0 aliphatic heterocycles. The van der Waals surface area contributed by atoms with Gasteiger partial charge in [-0.25, -0.2) is 4.39 Å². The summed E-state index contributed by atoms with van der Waals surface area (Å²) in [5.74, 6) is -1.04. The molecule has 0 atom stereocenters. The van der Waals surface area contributed by atoms with Crippen LogP contribution in [0.2, 0.25) is 5.02 Å². The molecule has 0 radical (unpaired) electrons. The van der Waals surface area contributed by atoms with Crippen LogP contribution in [-0.2, 0) is 9.59 Å². The molecule has 0 spiro atoms. The number of ether oxygens (including phenoxy) is 1. The summed E-state index contributed by atoms with van der Waals surface area (Å²) >= 11 is 7.33. The van der Waals surface area contributed by atoms with Crippen molar-refractivity contribution >= 4 is 58.5 Å². The minimum absolute atomic E-state index is 0.0166. The molecule has 7 nitrogen and oxygen atoms in total. The first-order chi connectivity index (χ1) is 19.8. The van der Waals surface area contributed by atoms with Gasteiger partial charge in [0.15, 0.2) is 0 Å². The lowest BCUT2D eigenvalue weighted by Gasteiger charge is -2.12. The van der Waals surface area contributed by atoms with Gasteiger partial charge in [0, 0.05) is 21.2 Å². The van der Waals surface area contributed by atoms with Crippen LogP contribution in [0.5, 0.6) is 5.75 Å². The van der Waals surface area contributed by atoms with Crippen molar-refractivity contribution in [1.29, 1.82) is 0 Å². The first kappa shape index (κ1) is 29.4. The Morgan fingerprint density at radius 2 is 1.61 bits per heavy atom. The number of nitrogens with one attached hydrogen (secondary N) is 3. The highest BCUT2D eigenvalue weighted by molar-refractivity contribution is 8.00. The molecule has 0 heterocycles. The van der Waals surface area contributed by atoms with Crippen LogP contribution in [0.3, 0.4) is 0 Å². The van der Waals surface area contributed by atoms with Crippen LogP contribution in [0.1, 0.15) is 15.9 Å². The van der Waals surface area contributed by atoms with Crippen LogP contribution in [0, 0.1) is 5.82 Å². The van der Waals surface area contributed by atoms with Crippen molar-refractivity contribution in [2.75, 3.05) is 23.5 Å². The van der Waals surface area contributed by atoms with Gasteiger partial charge in [0.05, 0.1) is 18.6 Å². The zero-order valence-corrected chi connectivity index (χ0v) is 23.4. The van der Waals surface area contributed by atoms with Gasteiger partial charge in [-0.1, -0.05) is 41.9 Å². The number of hydrogen-bond donors (Lipinski definition) is 3. The van der Waals surface area contributed by atoms with Gasteiger partial charge in [0.25, 0.3) is 11.8 Å². The van der Waals surface area contributed by atoms with Gasteiger partial charge in [-0.3, -0.25) is 14.4 Å². The van der Waals surface area contributed by atoms with Crippen molar-refractivity contribution in [3.8, 4) is 5.75 Å². The normalized spacial score (nSPS) is 11.0. The quantitative estimate of drug-likeness (QED) is 0.143. The second-order valence-corrected chi connectivity index (χ2v) is 10.1. The fourth-order valence-corrected chi connectivity index (χ4v) is 4.48. The van der Waals surface area contributed by atoms with Gasteiger partial charge in [0.1, 0.15) is 17.3 Å². The van der Waals surface area contributed by atoms with Crippen LogP contribution in [-0.4, -0.2) is 30.6 Å². The van der Waals surface area contributed by atoms with Crippen molar-refractivity contribution < 1.29 is 23.5 Å². The Morgan fingerprint density at radius 1 is 0.902 bits per heavy atom. The summed E-state index contributed by atoms with van der Waals surface area (Å²) in [6, 6.07) is 25.9. The molecule has 0 aromatic heterocycles. The molecule has 0 aliphatic carbocycles. The number of rotatable bonds is 10. The van der Waals surface area contributed by atoms with Gasteiger partial charge < -0.3 is 20.7 Å². The Bertz CT molecular complexity index is 1560. The second-order valence-electron chi connectivity index (χ2n) is 8.59. The highest BCUT2D eigenvalue weighted by Crippen LogP contribution is 2.28. The summed E-state index contributed by atoms with van der Waals surface area (Å²) in [5.41, 5.74) is 1.85. The predicted octanol–water partition coefficient (Wildman–Crippen LogP) is 6.63. The molecule has 0 saturated heterocycles. The molecule has 0 aliphatic rings. The van der Waals surface area contributed by atoms with E-state index in [-0.39, 0.29) is 17.4 Å². The molecule has 0 bridgehead atoms. The van der Waals surface area contributed by atoms with Crippen LogP contribution in [0.15, 0.2) is 108 Å². The third-order valence-corrected chi connectivity index (χ3v) is 6.87. The molecular formula is C31H25ClFN3O4S. The Morgan fingerprint density at radius 3 is 2.29 bits per heavy atom. The average molecular weight is 590 g/mol. The van der Waals surface area contributed by atoms with E-state index in [1.54, 1.807) is 72.8 Å². The molecule has 208 valence electrons. The van der Waals surface area contributed by atoms with E-state index in [1.165, 1.54) is 49.2 Å². The molecule has 41 heavy (non-hydrogen) atoms. The number of halogens is 2. The van der Waals surface area contributed by atoms with E-state index in [1.807, 2.05) is 0 Å². The van der Waals surface area contributed by atoms with Crippen LogP contribution >= 0.6 is 23.4 Å². The van der Waals surface area contributed by atoms with E-state index in [4.69, 9.17) is 16.3 Å². The topological polar surface area (TPSA) is 96.5 Å². The van der Waals surface area contributed by atoms with Crippen molar-refractivity contribution in [1.82, 2.24) is 5.32 Å². The highest BCUT2D eigenvalue weighted by Gasteiger charge is 2.15. The smallest absolute Gasteiger partial charge is 0.272 e. The molecule has 3 amide bonds. The lowest BCUT2D eigenvalue weighted by atomic mass is 10.1. The van der Waals surface area contributed by atoms with Gasteiger partial charge >= 0.3 is 0 Å². The maximum Gasteiger partial charge on any atom is 0.272 e. The SMILES string of the molecule is COc1ccc(Cl)cc1NC(=O)CSc1ccc(NC(=O)/C(=C/c2ccc(F)cc2)NC(=O)c2ccccc2)cc1. The summed E-state index contributed by atoms with van der Waals surface area (Å²) in [6.07, 6.45) is 1.47. The number of carbonyl (C=O) groups excluding carboxylic acids is 3. The maximum atomic E-state index is 13.4. The summed E-state index contributed by atoms with van der Waals surface area (Å²) in [6.45, 7) is 0. The van der Waals surface area contributed by atoms with Gasteiger partial charge in [-0.2, -0.15) is 0 Å². The maximum absolute atomic E-state index is 13.4. The molecular weight excluding hydrogens is 565 g/mol. The third kappa shape index (κ3) is 8.69. The Labute approximate surface area is 245 Å². The Kier molecular flexibility index (Phi) is 10.1. The van der Waals surface area contributed by atoms with Crippen molar-refractivity contribution in [2.45, 2.75) is 4.90 Å². The lowest BCUT2D eigenvalue weighted by molar-refractivity contribution is -0.114. The zero-order valence-electron chi connectivity index (χ0n) is 21.8. The number of carbonyl (C=O) groups is 3. The number of amides is 3. The first-order valence-corrected chi connectivity index (χ1v) is 13.7. The van der Waals surface area contributed by atoms with E-state index >= 15 is 0 Å². The molecule has 4 rings (SSSR count). The number of hydrogen-bond acceptors (Lipinski definition) is 5. The van der Waals surface area contributed by atoms with Crippen molar-refractivity contribution in [3.63, 3.8) is 0 Å². The number of methoxy groups -OCH3 is 1. The average Bonchev–Trinajstić information content (AvgIpc) is 2.98. The standard InChI is InChI=1S/C31H25ClFN3O4S/c1-40-28-16-9-22(32)18-26(28)35-29(37)19-41-25-14-12-24(13-15-25)34-31(39)27(17-20-7-10-23(33)11-8-20)36-30(38)21-5-3-2-4-6-21/h2-18H,19H2,1H3,(H,34,39)(H,35,37)(H,36,38)/b27-17-. The molecule has 0 unspecified atom stereocenters. The molecule has 0 fully saturated rings. The van der Waals surface area contributed by atoms with E-state index in [2.05, 4.69) is 16.0 Å². The minimum atomic E-state index is -0.561. The third-order valence-electron chi connectivity index (χ3n) is 5.63. The predicted molar refractivity (Wildman–Crippen MR) is 161 cm³/mol. The monoisotopic (exact) mass is 589 g/mol. The summed E-state index contributed by atoms with van der Waals surface area (Å²) in [5, 5.41) is 8.66.